The molecule has 0 atom stereocenters. The summed E-state index contributed by atoms with van der Waals surface area (Å²) >= 11 is 5.98. The molecule has 4 nitrogen and oxygen atoms in total. The second kappa shape index (κ2) is 10.4. The van der Waals surface area contributed by atoms with E-state index in [1.807, 2.05) is 38.1 Å². The largest absolute Gasteiger partial charge is 0.463 e. The molecular weight excluding hydrogens is 469 g/mol. The summed E-state index contributed by atoms with van der Waals surface area (Å²) in [7, 11) is 0. The number of benzene rings is 2. The number of carbonyl (C=O) groups excluding carboxylic acids is 2. The van der Waals surface area contributed by atoms with Gasteiger partial charge in [-0.25, -0.2) is 4.79 Å². The van der Waals surface area contributed by atoms with Gasteiger partial charge in [0.25, 0.3) is 0 Å². The van der Waals surface area contributed by atoms with Gasteiger partial charge in [-0.1, -0.05) is 35.9 Å². The number of ether oxygens (including phenoxy) is 2. The molecule has 0 N–H and O–H groups in total. The highest BCUT2D eigenvalue weighted by Crippen LogP contribution is 2.43. The summed E-state index contributed by atoms with van der Waals surface area (Å²) in [5.74, 6) is -2.96. The van der Waals surface area contributed by atoms with Gasteiger partial charge < -0.3 is 9.47 Å². The topological polar surface area (TPSA) is 52.6 Å². The lowest BCUT2D eigenvalue weighted by Gasteiger charge is -2.37. The maximum absolute atomic E-state index is 13.1. The van der Waals surface area contributed by atoms with E-state index in [1.54, 1.807) is 19.1 Å². The second-order valence-electron chi connectivity index (χ2n) is 8.78. The van der Waals surface area contributed by atoms with E-state index in [0.29, 0.717) is 5.02 Å². The van der Waals surface area contributed by atoms with Crippen molar-refractivity contribution in [3.05, 3.63) is 58.1 Å². The Labute approximate surface area is 202 Å². The first kappa shape index (κ1) is 26.1. The van der Waals surface area contributed by atoms with E-state index in [1.165, 1.54) is 0 Å². The van der Waals surface area contributed by atoms with Crippen molar-refractivity contribution in [3.8, 4) is 11.1 Å². The summed E-state index contributed by atoms with van der Waals surface area (Å²) in [6.07, 6.45) is -5.44. The molecule has 1 aliphatic rings. The average Bonchev–Trinajstić information content (AvgIpc) is 2.76. The highest BCUT2D eigenvalue weighted by molar-refractivity contribution is 6.30. The van der Waals surface area contributed by atoms with Gasteiger partial charge >= 0.3 is 18.1 Å². The van der Waals surface area contributed by atoms with Gasteiger partial charge in [0.2, 0.25) is 5.60 Å². The average molecular weight is 497 g/mol. The first-order valence-corrected chi connectivity index (χ1v) is 11.6. The van der Waals surface area contributed by atoms with Crippen LogP contribution in [-0.4, -0.2) is 30.3 Å². The van der Waals surface area contributed by atoms with Crippen LogP contribution in [0, 0.1) is 19.8 Å². The number of hydrogen-bond acceptors (Lipinski definition) is 4. The summed E-state index contributed by atoms with van der Waals surface area (Å²) in [6, 6.07) is 11.3. The Balaban J connectivity index is 1.77. The molecule has 0 spiro atoms. The van der Waals surface area contributed by atoms with Crippen molar-refractivity contribution in [1.29, 1.82) is 0 Å². The molecule has 0 unspecified atom stereocenters. The molecule has 0 bridgehead atoms. The van der Waals surface area contributed by atoms with Crippen LogP contribution >= 0.6 is 11.6 Å². The van der Waals surface area contributed by atoms with E-state index in [-0.39, 0.29) is 38.7 Å². The van der Waals surface area contributed by atoms with E-state index in [4.69, 9.17) is 21.1 Å². The Bertz CT molecular complexity index is 1040. The Morgan fingerprint density at radius 1 is 1.06 bits per heavy atom. The molecule has 8 heteroatoms. The van der Waals surface area contributed by atoms with Gasteiger partial charge in [0.15, 0.2) is 0 Å². The van der Waals surface area contributed by atoms with Crippen molar-refractivity contribution in [3.63, 3.8) is 0 Å². The minimum absolute atomic E-state index is 0.0469. The van der Waals surface area contributed by atoms with Crippen LogP contribution < -0.4 is 0 Å². The van der Waals surface area contributed by atoms with Crippen molar-refractivity contribution < 1.29 is 32.2 Å². The standard InChI is InChI=1S/C26H28ClF3O4/c1-4-33-24(32)25(11-9-20(10-12-25)26(28,29)30)34-23(31)15-19-13-17(3)22(14-16(19)2)18-5-7-21(27)8-6-18/h5-8,13-14,20H,4,9-12,15H2,1-3H3. The monoisotopic (exact) mass is 496 g/mol. The molecule has 0 radical (unpaired) electrons. The Kier molecular flexibility index (Phi) is 7.96. The van der Waals surface area contributed by atoms with Crippen molar-refractivity contribution >= 4 is 23.5 Å². The third-order valence-corrected chi connectivity index (χ3v) is 6.64. The first-order valence-electron chi connectivity index (χ1n) is 11.3. The maximum Gasteiger partial charge on any atom is 0.391 e. The summed E-state index contributed by atoms with van der Waals surface area (Å²) in [4.78, 5) is 25.5. The van der Waals surface area contributed by atoms with Crippen LogP contribution in [-0.2, 0) is 25.5 Å². The fraction of sp³-hybridized carbons (Fsp3) is 0.462. The number of rotatable bonds is 6. The summed E-state index contributed by atoms with van der Waals surface area (Å²) in [5.41, 5.74) is 2.84. The SMILES string of the molecule is CCOC(=O)C1(OC(=O)Cc2cc(C)c(-c3ccc(Cl)cc3)cc2C)CCC(C(F)(F)F)CC1. The van der Waals surface area contributed by atoms with Gasteiger partial charge in [-0.3, -0.25) is 4.79 Å². The minimum Gasteiger partial charge on any atom is -0.463 e. The molecule has 0 saturated heterocycles. The maximum atomic E-state index is 13.1. The number of esters is 2. The fourth-order valence-corrected chi connectivity index (χ4v) is 4.56. The van der Waals surface area contributed by atoms with Crippen LogP contribution in [0.3, 0.4) is 0 Å². The van der Waals surface area contributed by atoms with Crippen LogP contribution in [0.5, 0.6) is 0 Å². The molecule has 1 aliphatic carbocycles. The number of alkyl halides is 3. The van der Waals surface area contributed by atoms with Crippen LogP contribution in [0.25, 0.3) is 11.1 Å². The van der Waals surface area contributed by atoms with E-state index in [2.05, 4.69) is 0 Å². The zero-order valence-electron chi connectivity index (χ0n) is 19.4. The van der Waals surface area contributed by atoms with Gasteiger partial charge in [-0.15, -0.1) is 0 Å². The predicted molar refractivity (Wildman–Crippen MR) is 124 cm³/mol. The lowest BCUT2D eigenvalue weighted by Crippen LogP contribution is -2.49. The Hall–Kier alpha value is -2.54. The number of aryl methyl sites for hydroxylation is 2. The first-order chi connectivity index (χ1) is 15.9. The molecule has 2 aromatic rings. The van der Waals surface area contributed by atoms with E-state index in [0.717, 1.165) is 27.8 Å². The van der Waals surface area contributed by atoms with E-state index >= 15 is 0 Å². The van der Waals surface area contributed by atoms with Crippen LogP contribution in [0.4, 0.5) is 13.2 Å². The van der Waals surface area contributed by atoms with Crippen molar-refractivity contribution in [1.82, 2.24) is 0 Å². The lowest BCUT2D eigenvalue weighted by atomic mass is 9.78. The third-order valence-electron chi connectivity index (χ3n) is 6.39. The molecule has 184 valence electrons. The summed E-state index contributed by atoms with van der Waals surface area (Å²) in [5, 5.41) is 0.636. The number of carbonyl (C=O) groups is 2. The fourth-order valence-electron chi connectivity index (χ4n) is 4.44. The van der Waals surface area contributed by atoms with Crippen LogP contribution in [0.1, 0.15) is 49.3 Å². The van der Waals surface area contributed by atoms with E-state index < -0.39 is 29.6 Å². The van der Waals surface area contributed by atoms with Crippen molar-refractivity contribution in [2.24, 2.45) is 5.92 Å². The molecule has 1 fully saturated rings. The second-order valence-corrected chi connectivity index (χ2v) is 9.22. The van der Waals surface area contributed by atoms with Crippen LogP contribution in [0.2, 0.25) is 5.02 Å². The molecule has 0 aromatic heterocycles. The quantitative estimate of drug-likeness (QED) is 0.414. The van der Waals surface area contributed by atoms with Gasteiger partial charge in [-0.05, 0) is 86.4 Å². The molecule has 0 aliphatic heterocycles. The number of halogens is 4. The molecule has 0 heterocycles. The molecule has 3 rings (SSSR count). The molecule has 1 saturated carbocycles. The summed E-state index contributed by atoms with van der Waals surface area (Å²) < 4.78 is 50.0. The Morgan fingerprint density at radius 3 is 2.24 bits per heavy atom. The Morgan fingerprint density at radius 2 is 1.68 bits per heavy atom. The summed E-state index contributed by atoms with van der Waals surface area (Å²) in [6.45, 7) is 5.45. The van der Waals surface area contributed by atoms with Crippen LogP contribution in [0.15, 0.2) is 36.4 Å². The zero-order chi connectivity index (χ0) is 25.1. The molecular formula is C26H28ClF3O4. The van der Waals surface area contributed by atoms with E-state index in [9.17, 15) is 22.8 Å². The molecule has 2 aromatic carbocycles. The third kappa shape index (κ3) is 5.93. The highest BCUT2D eigenvalue weighted by Gasteiger charge is 2.52. The molecule has 34 heavy (non-hydrogen) atoms. The van der Waals surface area contributed by atoms with Gasteiger partial charge in [0, 0.05) is 5.02 Å². The lowest BCUT2D eigenvalue weighted by molar-refractivity contribution is -0.207. The predicted octanol–water partition coefficient (Wildman–Crippen LogP) is 6.76. The normalized spacial score (nSPS) is 20.6. The smallest absolute Gasteiger partial charge is 0.391 e. The molecule has 0 amide bonds. The van der Waals surface area contributed by atoms with Crippen molar-refractivity contribution in [2.45, 2.75) is 64.7 Å². The van der Waals surface area contributed by atoms with Gasteiger partial charge in [0.05, 0.1) is 18.9 Å². The zero-order valence-corrected chi connectivity index (χ0v) is 20.2. The van der Waals surface area contributed by atoms with Gasteiger partial charge in [-0.2, -0.15) is 13.2 Å². The minimum atomic E-state index is -4.34. The van der Waals surface area contributed by atoms with Gasteiger partial charge in [0.1, 0.15) is 0 Å². The highest BCUT2D eigenvalue weighted by atomic mass is 35.5. The van der Waals surface area contributed by atoms with Crippen molar-refractivity contribution in [2.75, 3.05) is 6.61 Å². The number of hydrogen-bond donors (Lipinski definition) is 0.